The van der Waals surface area contributed by atoms with E-state index in [2.05, 4.69) is 57.3 Å². The average molecular weight is 481 g/mol. The molecule has 0 fully saturated rings. The second-order valence-electron chi connectivity index (χ2n) is 7.80. The van der Waals surface area contributed by atoms with Crippen molar-refractivity contribution >= 4 is 36.4 Å². The number of nitrogens with one attached hydrogen (secondary N) is 1. The molecule has 170 valence electrons. The average Bonchev–Trinajstić information content (AvgIpc) is 3.28. The highest BCUT2D eigenvalue weighted by atomic mass is 35.5. The number of H-pyrrole nitrogens is 1. The monoisotopic (exact) mass is 480 g/mol. The van der Waals surface area contributed by atoms with Crippen LogP contribution >= 0.6 is 24.8 Å². The van der Waals surface area contributed by atoms with Crippen LogP contribution in [0.25, 0.3) is 11.1 Å². The maximum Gasteiger partial charge on any atom is 0.254 e. The Labute approximate surface area is 206 Å². The Morgan fingerprint density at radius 1 is 0.879 bits per heavy atom. The summed E-state index contributed by atoms with van der Waals surface area (Å²) in [5, 5.41) is 0. The van der Waals surface area contributed by atoms with Crippen LogP contribution in [-0.4, -0.2) is 33.9 Å². The molecule has 5 rings (SSSR count). The highest BCUT2D eigenvalue weighted by molar-refractivity contribution is 5.94. The minimum absolute atomic E-state index is 0. The van der Waals surface area contributed by atoms with Crippen LogP contribution in [0.2, 0.25) is 0 Å². The molecule has 7 heteroatoms. The van der Waals surface area contributed by atoms with Crippen LogP contribution in [-0.2, 0) is 13.1 Å². The SMILES string of the molecule is Cl.Cl.O=C(c1ccccc1)N1CCN(Cc2cnc[nH]2)c2ccc(-c3ccccc3)cc2C1. The van der Waals surface area contributed by atoms with E-state index in [1.165, 1.54) is 5.56 Å². The number of imidazole rings is 1. The van der Waals surface area contributed by atoms with Gasteiger partial charge in [0.2, 0.25) is 0 Å². The second-order valence-corrected chi connectivity index (χ2v) is 7.80. The number of hydrogen-bond acceptors (Lipinski definition) is 3. The molecule has 1 aromatic heterocycles. The number of fused-ring (bicyclic) bond motifs is 1. The van der Waals surface area contributed by atoms with Crippen molar-refractivity contribution in [3.05, 3.63) is 108 Å². The first kappa shape index (κ1) is 24.4. The summed E-state index contributed by atoms with van der Waals surface area (Å²) in [6, 6.07) is 26.5. The van der Waals surface area contributed by atoms with Gasteiger partial charge in [-0.3, -0.25) is 4.79 Å². The Balaban J connectivity index is 0.00000153. The molecule has 5 nitrogen and oxygen atoms in total. The number of halogens is 2. The first-order valence-corrected chi connectivity index (χ1v) is 10.5. The third-order valence-corrected chi connectivity index (χ3v) is 5.75. The van der Waals surface area contributed by atoms with Gasteiger partial charge in [0.25, 0.3) is 5.91 Å². The molecule has 0 unspecified atom stereocenters. The highest BCUT2D eigenvalue weighted by Gasteiger charge is 2.24. The van der Waals surface area contributed by atoms with Crippen molar-refractivity contribution in [3.8, 4) is 11.1 Å². The molecule has 1 N–H and O–H groups in total. The lowest BCUT2D eigenvalue weighted by Crippen LogP contribution is -2.35. The Kier molecular flexibility index (Phi) is 8.15. The number of aromatic amines is 1. The van der Waals surface area contributed by atoms with Crippen LogP contribution in [0.4, 0.5) is 5.69 Å². The molecular formula is C26H26Cl2N4O. The molecule has 0 atom stereocenters. The van der Waals surface area contributed by atoms with E-state index in [1.807, 2.05) is 47.5 Å². The standard InChI is InChI=1S/C26H24N4O.2ClH/c31-26(21-9-5-2-6-10-21)30-14-13-29(18-24-16-27-19-28-24)25-12-11-22(15-23(25)17-30)20-7-3-1-4-8-20;;/h1-12,15-16,19H,13-14,17-18H2,(H,27,28);2*1H. The molecule has 0 aliphatic carbocycles. The first-order valence-electron chi connectivity index (χ1n) is 10.5. The summed E-state index contributed by atoms with van der Waals surface area (Å²) in [7, 11) is 0. The van der Waals surface area contributed by atoms with Crippen molar-refractivity contribution in [2.45, 2.75) is 13.1 Å². The Morgan fingerprint density at radius 3 is 2.30 bits per heavy atom. The maximum absolute atomic E-state index is 13.2. The lowest BCUT2D eigenvalue weighted by Gasteiger charge is -2.24. The van der Waals surface area contributed by atoms with E-state index in [0.29, 0.717) is 13.1 Å². The van der Waals surface area contributed by atoms with Crippen molar-refractivity contribution < 1.29 is 4.79 Å². The smallest absolute Gasteiger partial charge is 0.254 e. The van der Waals surface area contributed by atoms with Gasteiger partial charge in [-0.15, -0.1) is 24.8 Å². The van der Waals surface area contributed by atoms with E-state index in [1.54, 1.807) is 6.33 Å². The van der Waals surface area contributed by atoms with Crippen LogP contribution in [0, 0.1) is 0 Å². The van der Waals surface area contributed by atoms with Gasteiger partial charge < -0.3 is 14.8 Å². The molecule has 1 aliphatic rings. The number of benzene rings is 3. The number of carbonyl (C=O) groups excluding carboxylic acids is 1. The predicted octanol–water partition coefficient (Wildman–Crippen LogP) is 5.58. The zero-order chi connectivity index (χ0) is 21.0. The first-order chi connectivity index (χ1) is 15.3. The fraction of sp³-hybridized carbons (Fsp3) is 0.154. The summed E-state index contributed by atoms with van der Waals surface area (Å²) >= 11 is 0. The number of amides is 1. The van der Waals surface area contributed by atoms with Crippen molar-refractivity contribution in [3.63, 3.8) is 0 Å². The van der Waals surface area contributed by atoms with E-state index < -0.39 is 0 Å². The van der Waals surface area contributed by atoms with E-state index in [4.69, 9.17) is 0 Å². The second kappa shape index (κ2) is 11.0. The summed E-state index contributed by atoms with van der Waals surface area (Å²) in [6.07, 6.45) is 3.56. The lowest BCUT2D eigenvalue weighted by atomic mass is 10.0. The van der Waals surface area contributed by atoms with Gasteiger partial charge in [0.15, 0.2) is 0 Å². The van der Waals surface area contributed by atoms with Gasteiger partial charge >= 0.3 is 0 Å². The van der Waals surface area contributed by atoms with Gasteiger partial charge in [0, 0.05) is 37.1 Å². The van der Waals surface area contributed by atoms with Crippen molar-refractivity contribution in [2.75, 3.05) is 18.0 Å². The molecule has 0 radical (unpaired) electrons. The normalized spacial score (nSPS) is 12.7. The zero-order valence-corrected chi connectivity index (χ0v) is 19.7. The van der Waals surface area contributed by atoms with E-state index in [9.17, 15) is 4.79 Å². The van der Waals surface area contributed by atoms with Crippen LogP contribution < -0.4 is 4.90 Å². The summed E-state index contributed by atoms with van der Waals surface area (Å²) in [6.45, 7) is 2.74. The van der Waals surface area contributed by atoms with Gasteiger partial charge in [-0.05, 0) is 41.0 Å². The fourth-order valence-corrected chi connectivity index (χ4v) is 4.16. The molecule has 0 bridgehead atoms. The van der Waals surface area contributed by atoms with E-state index in [-0.39, 0.29) is 30.7 Å². The third-order valence-electron chi connectivity index (χ3n) is 5.75. The topological polar surface area (TPSA) is 52.2 Å². The van der Waals surface area contributed by atoms with Crippen LogP contribution in [0.5, 0.6) is 0 Å². The van der Waals surface area contributed by atoms with Crippen LogP contribution in [0.3, 0.4) is 0 Å². The van der Waals surface area contributed by atoms with Crippen molar-refractivity contribution in [1.29, 1.82) is 0 Å². The number of anilines is 1. The number of rotatable bonds is 4. The molecule has 4 aromatic rings. The van der Waals surface area contributed by atoms with Crippen LogP contribution in [0.1, 0.15) is 21.6 Å². The van der Waals surface area contributed by atoms with E-state index >= 15 is 0 Å². The lowest BCUT2D eigenvalue weighted by molar-refractivity contribution is 0.0751. The molecule has 1 aliphatic heterocycles. The van der Waals surface area contributed by atoms with E-state index in [0.717, 1.165) is 41.2 Å². The van der Waals surface area contributed by atoms with Crippen LogP contribution in [0.15, 0.2) is 91.4 Å². The largest absolute Gasteiger partial charge is 0.364 e. The minimum Gasteiger partial charge on any atom is -0.364 e. The summed E-state index contributed by atoms with van der Waals surface area (Å²) in [5.74, 6) is 0.0695. The summed E-state index contributed by atoms with van der Waals surface area (Å²) < 4.78 is 0. The van der Waals surface area contributed by atoms with Gasteiger partial charge in [-0.2, -0.15) is 0 Å². The molecule has 2 heterocycles. The molecule has 0 spiro atoms. The predicted molar refractivity (Wildman–Crippen MR) is 137 cm³/mol. The Hall–Kier alpha value is -3.28. The Bertz CT molecular complexity index is 1170. The summed E-state index contributed by atoms with van der Waals surface area (Å²) in [5.41, 5.74) is 6.44. The Morgan fingerprint density at radius 2 is 1.61 bits per heavy atom. The van der Waals surface area contributed by atoms with Gasteiger partial charge in [0.1, 0.15) is 0 Å². The molecule has 3 aromatic carbocycles. The zero-order valence-electron chi connectivity index (χ0n) is 18.1. The number of hydrogen-bond donors (Lipinski definition) is 1. The number of aromatic nitrogens is 2. The number of carbonyl (C=O) groups is 1. The fourth-order valence-electron chi connectivity index (χ4n) is 4.16. The van der Waals surface area contributed by atoms with Crippen molar-refractivity contribution in [1.82, 2.24) is 14.9 Å². The molecule has 1 amide bonds. The molecular weight excluding hydrogens is 455 g/mol. The van der Waals surface area contributed by atoms with Gasteiger partial charge in [-0.25, -0.2) is 4.98 Å². The van der Waals surface area contributed by atoms with Crippen molar-refractivity contribution in [2.24, 2.45) is 0 Å². The molecule has 0 saturated carbocycles. The third kappa shape index (κ3) is 5.38. The summed E-state index contributed by atoms with van der Waals surface area (Å²) in [4.78, 5) is 24.9. The molecule has 0 saturated heterocycles. The minimum atomic E-state index is 0. The quantitative estimate of drug-likeness (QED) is 0.414. The van der Waals surface area contributed by atoms with Gasteiger partial charge in [-0.1, -0.05) is 54.6 Å². The van der Waals surface area contributed by atoms with Gasteiger partial charge in [0.05, 0.1) is 18.6 Å². The highest BCUT2D eigenvalue weighted by Crippen LogP contribution is 2.31. The number of nitrogens with zero attached hydrogens (tertiary/aromatic N) is 3. The molecule has 33 heavy (non-hydrogen) atoms. The maximum atomic E-state index is 13.2.